The highest BCUT2D eigenvalue weighted by molar-refractivity contribution is 5.55. The van der Waals surface area contributed by atoms with Crippen LogP contribution in [0.1, 0.15) is 38.9 Å². The van der Waals surface area contributed by atoms with Gasteiger partial charge in [-0.3, -0.25) is 0 Å². The highest BCUT2D eigenvalue weighted by atomic mass is 16.5. The van der Waals surface area contributed by atoms with Crippen molar-refractivity contribution in [2.24, 2.45) is 0 Å². The Kier molecular flexibility index (Phi) is 4.25. The van der Waals surface area contributed by atoms with Gasteiger partial charge in [0.25, 0.3) is 0 Å². The molecule has 3 heteroatoms. The summed E-state index contributed by atoms with van der Waals surface area (Å²) < 4.78 is 5.73. The second kappa shape index (κ2) is 5.72. The minimum absolute atomic E-state index is 0.245. The molecule has 18 heavy (non-hydrogen) atoms. The molecule has 1 N–H and O–H groups in total. The Balaban J connectivity index is 2.33. The lowest BCUT2D eigenvalue weighted by Crippen LogP contribution is -2.49. The molecule has 100 valence electrons. The zero-order valence-corrected chi connectivity index (χ0v) is 11.5. The van der Waals surface area contributed by atoms with Crippen molar-refractivity contribution < 1.29 is 9.84 Å². The summed E-state index contributed by atoms with van der Waals surface area (Å²) in [5.41, 5.74) is 2.15. The molecule has 1 aliphatic rings. The van der Waals surface area contributed by atoms with Gasteiger partial charge in [-0.05, 0) is 26.3 Å². The smallest absolute Gasteiger partial charge is 0.0781 e. The van der Waals surface area contributed by atoms with E-state index in [2.05, 4.69) is 24.8 Å². The van der Waals surface area contributed by atoms with Gasteiger partial charge in [-0.15, -0.1) is 0 Å². The second-order valence-corrected chi connectivity index (χ2v) is 5.09. The molecule has 0 saturated carbocycles. The number of benzene rings is 1. The first-order valence-electron chi connectivity index (χ1n) is 6.78. The summed E-state index contributed by atoms with van der Waals surface area (Å²) in [6, 6.07) is 8.53. The van der Waals surface area contributed by atoms with Crippen molar-refractivity contribution in [2.75, 3.05) is 18.1 Å². The minimum atomic E-state index is -0.433. The normalized spacial score (nSPS) is 26.1. The van der Waals surface area contributed by atoms with Crippen molar-refractivity contribution in [1.82, 2.24) is 0 Å². The number of hydrogen-bond donors (Lipinski definition) is 1. The molecular weight excluding hydrogens is 226 g/mol. The molecule has 2 rings (SSSR count). The molecule has 0 spiro atoms. The van der Waals surface area contributed by atoms with E-state index in [1.54, 1.807) is 0 Å². The van der Waals surface area contributed by atoms with Crippen molar-refractivity contribution >= 4 is 5.69 Å². The first-order chi connectivity index (χ1) is 8.63. The van der Waals surface area contributed by atoms with E-state index < -0.39 is 6.10 Å². The molecule has 0 bridgehead atoms. The number of hydrogen-bond acceptors (Lipinski definition) is 3. The molecule has 2 unspecified atom stereocenters. The van der Waals surface area contributed by atoms with E-state index in [1.165, 1.54) is 0 Å². The Morgan fingerprint density at radius 1 is 1.44 bits per heavy atom. The molecule has 0 aliphatic carbocycles. The number of ether oxygens (including phenoxy) is 1. The standard InChI is InChI=1S/C15H23NO2/c1-4-13-10-18-11(2)9-16(13)15-8-6-5-7-14(15)12(3)17/h5-8,11-13,17H,4,9-10H2,1-3H3/t11?,12-,13?/m0/s1. The van der Waals surface area contributed by atoms with Crippen LogP contribution in [0.15, 0.2) is 24.3 Å². The van der Waals surface area contributed by atoms with Crippen LogP contribution < -0.4 is 4.90 Å². The van der Waals surface area contributed by atoms with Crippen molar-refractivity contribution in [2.45, 2.75) is 45.4 Å². The van der Waals surface area contributed by atoms with Gasteiger partial charge in [-0.1, -0.05) is 25.1 Å². The number of aliphatic hydroxyl groups is 1. The number of anilines is 1. The molecule has 0 aromatic heterocycles. The van der Waals surface area contributed by atoms with E-state index in [0.29, 0.717) is 6.04 Å². The Bertz CT molecular complexity index is 392. The summed E-state index contributed by atoms with van der Waals surface area (Å²) in [5.74, 6) is 0. The van der Waals surface area contributed by atoms with E-state index in [1.807, 2.05) is 25.1 Å². The summed E-state index contributed by atoms with van der Waals surface area (Å²) in [7, 11) is 0. The van der Waals surface area contributed by atoms with E-state index in [-0.39, 0.29) is 6.10 Å². The summed E-state index contributed by atoms with van der Waals surface area (Å²) >= 11 is 0. The first-order valence-corrected chi connectivity index (χ1v) is 6.78. The Labute approximate surface area is 109 Å². The van der Waals surface area contributed by atoms with Crippen LogP contribution in [0.4, 0.5) is 5.69 Å². The predicted octanol–water partition coefficient (Wildman–Crippen LogP) is 2.74. The van der Waals surface area contributed by atoms with Gasteiger partial charge in [0.1, 0.15) is 0 Å². The van der Waals surface area contributed by atoms with Gasteiger partial charge in [-0.25, -0.2) is 0 Å². The quantitative estimate of drug-likeness (QED) is 0.894. The second-order valence-electron chi connectivity index (χ2n) is 5.09. The Hall–Kier alpha value is -1.06. The molecule has 3 nitrogen and oxygen atoms in total. The number of rotatable bonds is 3. The highest BCUT2D eigenvalue weighted by Crippen LogP contribution is 2.30. The van der Waals surface area contributed by atoms with Crippen LogP contribution in [0, 0.1) is 0 Å². The fourth-order valence-corrected chi connectivity index (χ4v) is 2.58. The summed E-state index contributed by atoms with van der Waals surface area (Å²) in [6.07, 6.45) is 0.868. The Morgan fingerprint density at radius 2 is 2.17 bits per heavy atom. The molecule has 1 saturated heterocycles. The van der Waals surface area contributed by atoms with Gasteiger partial charge in [0.15, 0.2) is 0 Å². The maximum absolute atomic E-state index is 9.90. The molecule has 1 aromatic rings. The zero-order valence-electron chi connectivity index (χ0n) is 11.5. The lowest BCUT2D eigenvalue weighted by atomic mass is 10.0. The first kappa shape index (κ1) is 13.4. The van der Waals surface area contributed by atoms with Crippen LogP contribution in [-0.4, -0.2) is 30.4 Å². The van der Waals surface area contributed by atoms with Gasteiger partial charge >= 0.3 is 0 Å². The monoisotopic (exact) mass is 249 g/mol. The number of aliphatic hydroxyl groups excluding tert-OH is 1. The number of para-hydroxylation sites is 1. The predicted molar refractivity (Wildman–Crippen MR) is 73.9 cm³/mol. The summed E-state index contributed by atoms with van der Waals surface area (Å²) in [6.45, 7) is 7.77. The van der Waals surface area contributed by atoms with Crippen molar-refractivity contribution in [3.05, 3.63) is 29.8 Å². The van der Waals surface area contributed by atoms with Crippen LogP contribution in [-0.2, 0) is 4.74 Å². The van der Waals surface area contributed by atoms with Crippen LogP contribution in [0.2, 0.25) is 0 Å². The van der Waals surface area contributed by atoms with E-state index in [9.17, 15) is 5.11 Å². The van der Waals surface area contributed by atoms with Crippen LogP contribution in [0.5, 0.6) is 0 Å². The third kappa shape index (κ3) is 2.68. The van der Waals surface area contributed by atoms with Crippen molar-refractivity contribution in [3.63, 3.8) is 0 Å². The molecule has 0 amide bonds. The van der Waals surface area contributed by atoms with Crippen LogP contribution in [0.3, 0.4) is 0 Å². The number of morpholine rings is 1. The fraction of sp³-hybridized carbons (Fsp3) is 0.600. The van der Waals surface area contributed by atoms with Crippen molar-refractivity contribution in [1.29, 1.82) is 0 Å². The van der Waals surface area contributed by atoms with E-state index >= 15 is 0 Å². The summed E-state index contributed by atoms with van der Waals surface area (Å²) in [4.78, 5) is 2.39. The van der Waals surface area contributed by atoms with Gasteiger partial charge in [0.2, 0.25) is 0 Å². The van der Waals surface area contributed by atoms with Gasteiger partial charge in [-0.2, -0.15) is 0 Å². The molecule has 1 heterocycles. The lowest BCUT2D eigenvalue weighted by molar-refractivity contribution is 0.0297. The van der Waals surface area contributed by atoms with Gasteiger partial charge < -0.3 is 14.7 Å². The SMILES string of the molecule is CCC1COC(C)CN1c1ccccc1[C@H](C)O. The fourth-order valence-electron chi connectivity index (χ4n) is 2.58. The maximum atomic E-state index is 9.90. The molecule has 1 aliphatic heterocycles. The maximum Gasteiger partial charge on any atom is 0.0781 e. The van der Waals surface area contributed by atoms with Gasteiger partial charge in [0, 0.05) is 17.8 Å². The average Bonchev–Trinajstić information content (AvgIpc) is 2.38. The van der Waals surface area contributed by atoms with Crippen molar-refractivity contribution in [3.8, 4) is 0 Å². The average molecular weight is 249 g/mol. The minimum Gasteiger partial charge on any atom is -0.389 e. The summed E-state index contributed by atoms with van der Waals surface area (Å²) in [5, 5.41) is 9.90. The largest absolute Gasteiger partial charge is 0.389 e. The van der Waals surface area contributed by atoms with Gasteiger partial charge in [0.05, 0.1) is 24.9 Å². The third-order valence-electron chi connectivity index (χ3n) is 3.64. The van der Waals surface area contributed by atoms with E-state index in [4.69, 9.17) is 4.74 Å². The Morgan fingerprint density at radius 3 is 2.83 bits per heavy atom. The molecular formula is C15H23NO2. The van der Waals surface area contributed by atoms with E-state index in [0.717, 1.165) is 30.8 Å². The van der Waals surface area contributed by atoms with Crippen LogP contribution in [0.25, 0.3) is 0 Å². The lowest BCUT2D eigenvalue weighted by Gasteiger charge is -2.41. The zero-order chi connectivity index (χ0) is 13.1. The number of nitrogens with zero attached hydrogens (tertiary/aromatic N) is 1. The molecule has 0 radical (unpaired) electrons. The topological polar surface area (TPSA) is 32.7 Å². The van der Waals surface area contributed by atoms with Crippen LogP contribution >= 0.6 is 0 Å². The molecule has 1 fully saturated rings. The molecule has 1 aromatic carbocycles. The molecule has 3 atom stereocenters. The highest BCUT2D eigenvalue weighted by Gasteiger charge is 2.27. The third-order valence-corrected chi connectivity index (χ3v) is 3.64.